The van der Waals surface area contributed by atoms with Crippen LogP contribution in [-0.2, 0) is 23.7 Å². The van der Waals surface area contributed by atoms with Crippen LogP contribution < -0.4 is 4.98 Å². The van der Waals surface area contributed by atoms with Gasteiger partial charge in [-0.3, -0.25) is 4.99 Å². The van der Waals surface area contributed by atoms with Crippen molar-refractivity contribution in [2.24, 2.45) is 4.99 Å². The number of hydrogen-bond acceptors (Lipinski definition) is 1. The van der Waals surface area contributed by atoms with Crippen molar-refractivity contribution >= 4 is 40.4 Å². The Morgan fingerprint density at radius 1 is 1.17 bits per heavy atom. The Balaban J connectivity index is 0.000000595. The molecule has 0 atom stereocenters. The number of rotatable bonds is 3. The molecule has 1 aromatic heterocycles. The molecule has 127 valence electrons. The fourth-order valence-electron chi connectivity index (χ4n) is 2.86. The van der Waals surface area contributed by atoms with Crippen molar-refractivity contribution in [3.05, 3.63) is 52.8 Å². The van der Waals surface area contributed by atoms with E-state index in [2.05, 4.69) is 71.6 Å². The molecular weight excluding hydrogens is 463 g/mol. The maximum absolute atomic E-state index is 4.69. The summed E-state index contributed by atoms with van der Waals surface area (Å²) < 4.78 is 0. The van der Waals surface area contributed by atoms with E-state index in [1.165, 1.54) is 47.0 Å². The van der Waals surface area contributed by atoms with E-state index in [0.717, 1.165) is 17.8 Å². The minimum atomic E-state index is 0.490. The molecule has 3 rings (SSSR count). The number of benzene rings is 1. The second-order valence-electron chi connectivity index (χ2n) is 5.88. The van der Waals surface area contributed by atoms with Gasteiger partial charge in [0.1, 0.15) is 0 Å². The van der Waals surface area contributed by atoms with Crippen molar-refractivity contribution in [1.29, 1.82) is 0 Å². The Kier molecular flexibility index (Phi) is 8.08. The van der Waals surface area contributed by atoms with Gasteiger partial charge in [0.25, 0.3) is 0 Å². The Morgan fingerprint density at radius 3 is 2.57 bits per heavy atom. The summed E-state index contributed by atoms with van der Waals surface area (Å²) in [5, 5.41) is 0. The summed E-state index contributed by atoms with van der Waals surface area (Å²) in [5.74, 6) is 0.490. The quantitative estimate of drug-likeness (QED) is 0.383. The first-order valence-electron chi connectivity index (χ1n) is 7.76. The van der Waals surface area contributed by atoms with Gasteiger partial charge in [-0.2, -0.15) is 5.69 Å². The number of fused-ring (bicyclic) bond motifs is 1. The number of hydrogen-bond donors (Lipinski definition) is 0. The van der Waals surface area contributed by atoms with E-state index in [1.54, 1.807) is 0 Å². The van der Waals surface area contributed by atoms with Crippen LogP contribution in [0.3, 0.4) is 0 Å². The molecule has 2 aromatic rings. The molecule has 0 aliphatic heterocycles. The van der Waals surface area contributed by atoms with Crippen molar-refractivity contribution in [3.8, 4) is 0 Å². The fraction of sp³-hybridized carbons (Fsp3) is 0.389. The zero-order chi connectivity index (χ0) is 16.7. The molecule has 0 bridgehead atoms. The van der Waals surface area contributed by atoms with Crippen LogP contribution in [-0.4, -0.2) is 6.21 Å². The zero-order valence-corrected chi connectivity index (χ0v) is 17.5. The second kappa shape index (κ2) is 9.81. The first-order chi connectivity index (χ1) is 11.2. The van der Waals surface area contributed by atoms with Crippen molar-refractivity contribution in [2.75, 3.05) is 0 Å². The van der Waals surface area contributed by atoms with Crippen LogP contribution in [0.15, 0.2) is 35.3 Å². The summed E-state index contributed by atoms with van der Waals surface area (Å²) in [6.07, 6.45) is 6.80. The van der Waals surface area contributed by atoms with Crippen LogP contribution in [0.2, 0.25) is 0 Å². The Hall–Kier alpha value is -0.376. The Morgan fingerprint density at radius 2 is 1.87 bits per heavy atom. The average Bonchev–Trinajstić information content (AvgIpc) is 2.97. The normalized spacial score (nSPS) is 14.0. The molecule has 5 heteroatoms. The molecule has 1 heterocycles. The second-order valence-corrected chi connectivity index (χ2v) is 10.9. The molecule has 0 fully saturated rings. The molecule has 0 radical (unpaired) electrons. The summed E-state index contributed by atoms with van der Waals surface area (Å²) in [4.78, 5) is 9.34. The van der Waals surface area contributed by atoms with E-state index in [0.29, 0.717) is 5.92 Å². The molecule has 2 nitrogen and oxygen atoms in total. The van der Waals surface area contributed by atoms with Crippen LogP contribution in [0.25, 0.3) is 0 Å². The van der Waals surface area contributed by atoms with E-state index in [-0.39, 0.29) is 0 Å². The van der Waals surface area contributed by atoms with Crippen LogP contribution in [0.1, 0.15) is 55.1 Å². The number of halogens is 2. The first-order valence-corrected chi connectivity index (χ1v) is 12.6. The summed E-state index contributed by atoms with van der Waals surface area (Å²) in [5.41, 5.74) is 6.07. The van der Waals surface area contributed by atoms with E-state index in [4.69, 9.17) is 4.98 Å². The number of nitrogens with zero attached hydrogens (tertiary/aromatic N) is 2. The van der Waals surface area contributed by atoms with E-state index in [9.17, 15) is 0 Å². The molecule has 0 saturated carbocycles. The molecule has 0 amide bonds. The topological polar surface area (TPSA) is 26.5 Å². The van der Waals surface area contributed by atoms with Crippen LogP contribution >= 0.6 is 28.5 Å². The maximum atomic E-state index is 4.69. The standard InChI is InChI=1S/C18H21N2.2BrH.Ni/c1-13(2)16-8-4-6-10-18(16)19-12-15-11-14-7-3-5-9-17(14)20-15;;;/h4,6,8,10-13H,3,5,7,9H2,1-2H3;2*1H;/q-1;;;+3/p-2. The van der Waals surface area contributed by atoms with Crippen LogP contribution in [0.5, 0.6) is 0 Å². The van der Waals surface area contributed by atoms with E-state index in [1.807, 2.05) is 12.3 Å². The number of aryl methyl sites for hydroxylation is 2. The molecule has 1 aliphatic carbocycles. The number of para-hydroxylation sites is 1. The molecule has 1 aliphatic rings. The van der Waals surface area contributed by atoms with Crippen molar-refractivity contribution in [2.45, 2.75) is 45.4 Å². The molecule has 0 unspecified atom stereocenters. The third-order valence-corrected chi connectivity index (χ3v) is 3.96. The van der Waals surface area contributed by atoms with Gasteiger partial charge in [0, 0.05) is 6.21 Å². The van der Waals surface area contributed by atoms with Gasteiger partial charge < -0.3 is 4.98 Å². The molecule has 0 spiro atoms. The first kappa shape index (κ1) is 19.0. The predicted octanol–water partition coefficient (Wildman–Crippen LogP) is 6.09. The molecule has 23 heavy (non-hydrogen) atoms. The van der Waals surface area contributed by atoms with Crippen LogP contribution in [0, 0.1) is 0 Å². The summed E-state index contributed by atoms with van der Waals surface area (Å²) in [6, 6.07) is 10.6. The number of aromatic nitrogens is 1. The molecule has 0 saturated heterocycles. The fourth-order valence-corrected chi connectivity index (χ4v) is 2.86. The van der Waals surface area contributed by atoms with Crippen LogP contribution in [0.4, 0.5) is 5.69 Å². The summed E-state index contributed by atoms with van der Waals surface area (Å²) in [6.45, 7) is 4.40. The third-order valence-electron chi connectivity index (χ3n) is 3.96. The summed E-state index contributed by atoms with van der Waals surface area (Å²) in [7, 11) is 1.25. The van der Waals surface area contributed by atoms with Gasteiger partial charge in [0.05, 0.1) is 5.69 Å². The van der Waals surface area contributed by atoms with Gasteiger partial charge in [-0.05, 0) is 36.8 Å². The number of aliphatic imine (C=N–C) groups is 1. The van der Waals surface area contributed by atoms with Gasteiger partial charge in [0.15, 0.2) is 0 Å². The Bertz CT molecular complexity index is 627. The van der Waals surface area contributed by atoms with Gasteiger partial charge >= 0.3 is 39.3 Å². The van der Waals surface area contributed by atoms with Gasteiger partial charge in [-0.15, -0.1) is 5.69 Å². The molecule has 0 N–H and O–H groups in total. The molecule has 1 aromatic carbocycles. The van der Waals surface area contributed by atoms with Gasteiger partial charge in [-0.25, -0.2) is 0 Å². The monoisotopic (exact) mass is 481 g/mol. The molecular formula is C18H21Br2N2Ni. The van der Waals surface area contributed by atoms with Gasteiger partial charge in [-0.1, -0.05) is 50.1 Å². The third kappa shape index (κ3) is 5.58. The SMILES string of the molecule is CC(C)c1ccccc1N=Cc1cc2c([n-]1)CCCC2.[Br][Ni+][Br]. The average molecular weight is 484 g/mol. The zero-order valence-electron chi connectivity index (χ0n) is 13.3. The Labute approximate surface area is 158 Å². The minimum absolute atomic E-state index is 0.490. The predicted molar refractivity (Wildman–Crippen MR) is 102 cm³/mol. The van der Waals surface area contributed by atoms with Gasteiger partial charge in [0.2, 0.25) is 0 Å². The summed E-state index contributed by atoms with van der Waals surface area (Å²) >= 11 is 6.00. The van der Waals surface area contributed by atoms with Crippen molar-refractivity contribution in [1.82, 2.24) is 4.98 Å². The van der Waals surface area contributed by atoms with E-state index < -0.39 is 0 Å². The van der Waals surface area contributed by atoms with Crippen molar-refractivity contribution < 1.29 is 10.9 Å². The van der Waals surface area contributed by atoms with E-state index >= 15 is 0 Å². The van der Waals surface area contributed by atoms with Crippen molar-refractivity contribution in [3.63, 3.8) is 0 Å².